The van der Waals surface area contributed by atoms with Crippen molar-refractivity contribution in [2.75, 3.05) is 0 Å². The summed E-state index contributed by atoms with van der Waals surface area (Å²) in [6.45, 7) is 0. The molecule has 0 aromatic carbocycles. The topological polar surface area (TPSA) is 71.5 Å². The minimum absolute atomic E-state index is 0.00462. The first-order valence-electron chi connectivity index (χ1n) is 4.92. The van der Waals surface area contributed by atoms with Crippen LogP contribution in [0.1, 0.15) is 12.8 Å². The minimum atomic E-state index is -0.984. The molecule has 2 rings (SSSR count). The normalized spacial score (nSPS) is 23.3. The van der Waals surface area contributed by atoms with Crippen LogP contribution in [0, 0.1) is 0 Å². The molecule has 2 N–H and O–H groups in total. The lowest BCUT2D eigenvalue weighted by atomic mass is 9.89. The zero-order valence-electron chi connectivity index (χ0n) is 8.39. The molecule has 0 aliphatic heterocycles. The molecule has 6 heteroatoms. The van der Waals surface area contributed by atoms with Crippen molar-refractivity contribution in [1.29, 1.82) is 0 Å². The molecule has 1 amide bonds. The molecule has 1 aliphatic carbocycles. The summed E-state index contributed by atoms with van der Waals surface area (Å²) in [7, 11) is 0. The molecule has 1 heterocycles. The lowest BCUT2D eigenvalue weighted by molar-refractivity contribution is 0.0786. The predicted molar refractivity (Wildman–Crippen MR) is 60.5 cm³/mol. The van der Waals surface area contributed by atoms with E-state index in [-0.39, 0.29) is 12.1 Å². The van der Waals surface area contributed by atoms with Crippen molar-refractivity contribution in [2.45, 2.75) is 25.0 Å². The Kier molecular flexibility index (Phi) is 3.28. The summed E-state index contributed by atoms with van der Waals surface area (Å²) in [5, 5.41) is 10.9. The zero-order valence-corrected chi connectivity index (χ0v) is 9.98. The van der Waals surface area contributed by atoms with Gasteiger partial charge in [0.05, 0.1) is 4.47 Å². The number of halogens is 1. The van der Waals surface area contributed by atoms with E-state index in [1.807, 2.05) is 12.1 Å². The maximum absolute atomic E-state index is 10.3. The first kappa shape index (κ1) is 11.2. The lowest BCUT2D eigenvalue weighted by Crippen LogP contribution is -2.48. The Morgan fingerprint density at radius 3 is 3.00 bits per heavy atom. The van der Waals surface area contributed by atoms with Crippen molar-refractivity contribution in [3.63, 3.8) is 0 Å². The zero-order chi connectivity index (χ0) is 11.5. The van der Waals surface area contributed by atoms with Gasteiger partial charge in [-0.1, -0.05) is 0 Å². The summed E-state index contributed by atoms with van der Waals surface area (Å²) < 4.78 is 6.41. The Balaban J connectivity index is 1.82. The van der Waals surface area contributed by atoms with Crippen molar-refractivity contribution in [3.05, 3.63) is 22.8 Å². The largest absolute Gasteiger partial charge is 0.473 e. The average molecular weight is 287 g/mol. The SMILES string of the molecule is O=C(O)NC1CC(Oc2ncccc2Br)C1. The van der Waals surface area contributed by atoms with Crippen LogP contribution in [0.2, 0.25) is 0 Å². The number of aromatic nitrogens is 1. The third-order valence-electron chi connectivity index (χ3n) is 2.43. The summed E-state index contributed by atoms with van der Waals surface area (Å²) in [6.07, 6.45) is 2.10. The van der Waals surface area contributed by atoms with Crippen LogP contribution < -0.4 is 10.1 Å². The third-order valence-corrected chi connectivity index (χ3v) is 3.03. The number of amides is 1. The van der Waals surface area contributed by atoms with Gasteiger partial charge in [-0.2, -0.15) is 0 Å². The van der Waals surface area contributed by atoms with E-state index in [1.54, 1.807) is 6.20 Å². The molecule has 1 aromatic rings. The molecule has 0 spiro atoms. The number of carboxylic acid groups (broad SMARTS) is 1. The van der Waals surface area contributed by atoms with Gasteiger partial charge in [0, 0.05) is 25.1 Å². The van der Waals surface area contributed by atoms with Crippen LogP contribution in [0.4, 0.5) is 4.79 Å². The summed E-state index contributed by atoms with van der Waals surface area (Å²) in [5.74, 6) is 0.557. The van der Waals surface area contributed by atoms with Gasteiger partial charge in [0.25, 0.3) is 0 Å². The molecule has 1 aromatic heterocycles. The third kappa shape index (κ3) is 2.63. The number of ether oxygens (including phenoxy) is 1. The van der Waals surface area contributed by atoms with E-state index in [9.17, 15) is 4.79 Å². The number of pyridine rings is 1. The fourth-order valence-electron chi connectivity index (χ4n) is 1.57. The standard InChI is InChI=1S/C10H11BrN2O3/c11-8-2-1-3-12-9(8)16-7-4-6(5-7)13-10(14)15/h1-3,6-7,13H,4-5H2,(H,14,15). The highest BCUT2D eigenvalue weighted by molar-refractivity contribution is 9.10. The number of nitrogens with zero attached hydrogens (tertiary/aromatic N) is 1. The van der Waals surface area contributed by atoms with Gasteiger partial charge in [-0.25, -0.2) is 9.78 Å². The first-order chi connectivity index (χ1) is 7.65. The number of hydrogen-bond acceptors (Lipinski definition) is 3. The second-order valence-electron chi connectivity index (χ2n) is 3.65. The summed E-state index contributed by atoms with van der Waals surface area (Å²) in [4.78, 5) is 14.4. The van der Waals surface area contributed by atoms with Crippen molar-refractivity contribution < 1.29 is 14.6 Å². The lowest BCUT2D eigenvalue weighted by Gasteiger charge is -2.34. The molecule has 86 valence electrons. The number of carbonyl (C=O) groups is 1. The molecular weight excluding hydrogens is 276 g/mol. The molecule has 0 saturated heterocycles. The van der Waals surface area contributed by atoms with E-state index in [0.717, 1.165) is 4.47 Å². The molecular formula is C10H11BrN2O3. The predicted octanol–water partition coefficient (Wildman–Crippen LogP) is 2.02. The Labute approximate surface area is 101 Å². The van der Waals surface area contributed by atoms with Crippen molar-refractivity contribution in [2.24, 2.45) is 0 Å². The molecule has 16 heavy (non-hydrogen) atoms. The van der Waals surface area contributed by atoms with Crippen LogP contribution >= 0.6 is 15.9 Å². The first-order valence-corrected chi connectivity index (χ1v) is 5.71. The van der Waals surface area contributed by atoms with E-state index in [4.69, 9.17) is 9.84 Å². The Hall–Kier alpha value is -1.30. The molecule has 1 fully saturated rings. The maximum Gasteiger partial charge on any atom is 0.404 e. The van der Waals surface area contributed by atoms with Gasteiger partial charge in [-0.15, -0.1) is 0 Å². The van der Waals surface area contributed by atoms with E-state index in [1.165, 1.54) is 0 Å². The number of nitrogens with one attached hydrogen (secondary N) is 1. The monoisotopic (exact) mass is 286 g/mol. The van der Waals surface area contributed by atoms with Crippen molar-refractivity contribution in [1.82, 2.24) is 10.3 Å². The van der Waals surface area contributed by atoms with Gasteiger partial charge in [0.15, 0.2) is 0 Å². The van der Waals surface area contributed by atoms with Crippen LogP contribution in [0.3, 0.4) is 0 Å². The van der Waals surface area contributed by atoms with Gasteiger partial charge in [-0.3, -0.25) is 0 Å². The minimum Gasteiger partial charge on any atom is -0.473 e. The maximum atomic E-state index is 10.3. The molecule has 0 bridgehead atoms. The van der Waals surface area contributed by atoms with Gasteiger partial charge in [0.2, 0.25) is 5.88 Å². The fraction of sp³-hybridized carbons (Fsp3) is 0.400. The van der Waals surface area contributed by atoms with Gasteiger partial charge < -0.3 is 15.2 Å². The highest BCUT2D eigenvalue weighted by Gasteiger charge is 2.32. The second kappa shape index (κ2) is 4.69. The second-order valence-corrected chi connectivity index (χ2v) is 4.50. The van der Waals surface area contributed by atoms with Crippen LogP contribution in [-0.4, -0.2) is 28.3 Å². The van der Waals surface area contributed by atoms with Gasteiger partial charge >= 0.3 is 6.09 Å². The van der Waals surface area contributed by atoms with E-state index >= 15 is 0 Å². The molecule has 0 atom stereocenters. The Bertz CT molecular complexity index is 393. The van der Waals surface area contributed by atoms with Crippen molar-refractivity contribution >= 4 is 22.0 Å². The molecule has 0 radical (unpaired) electrons. The summed E-state index contributed by atoms with van der Waals surface area (Å²) in [5.41, 5.74) is 0. The quantitative estimate of drug-likeness (QED) is 0.892. The average Bonchev–Trinajstić information content (AvgIpc) is 2.17. The molecule has 0 unspecified atom stereocenters. The summed E-state index contributed by atoms with van der Waals surface area (Å²) >= 11 is 3.34. The van der Waals surface area contributed by atoms with Gasteiger partial charge in [-0.05, 0) is 28.1 Å². The molecule has 1 aliphatic rings. The van der Waals surface area contributed by atoms with Crippen molar-refractivity contribution in [3.8, 4) is 5.88 Å². The van der Waals surface area contributed by atoms with E-state index in [2.05, 4.69) is 26.2 Å². The Morgan fingerprint density at radius 2 is 2.38 bits per heavy atom. The smallest absolute Gasteiger partial charge is 0.404 e. The molecule has 1 saturated carbocycles. The number of hydrogen-bond donors (Lipinski definition) is 2. The van der Waals surface area contributed by atoms with E-state index < -0.39 is 6.09 Å². The Morgan fingerprint density at radius 1 is 1.62 bits per heavy atom. The van der Waals surface area contributed by atoms with Crippen LogP contribution in [-0.2, 0) is 0 Å². The highest BCUT2D eigenvalue weighted by atomic mass is 79.9. The summed E-state index contributed by atoms with van der Waals surface area (Å²) in [6, 6.07) is 3.67. The highest BCUT2D eigenvalue weighted by Crippen LogP contribution is 2.28. The number of rotatable bonds is 3. The van der Waals surface area contributed by atoms with Crippen LogP contribution in [0.5, 0.6) is 5.88 Å². The van der Waals surface area contributed by atoms with Gasteiger partial charge in [0.1, 0.15) is 6.10 Å². The van der Waals surface area contributed by atoms with Crippen LogP contribution in [0.15, 0.2) is 22.8 Å². The fourth-order valence-corrected chi connectivity index (χ4v) is 1.92. The van der Waals surface area contributed by atoms with Crippen LogP contribution in [0.25, 0.3) is 0 Å². The molecule has 5 nitrogen and oxygen atoms in total. The van der Waals surface area contributed by atoms with E-state index in [0.29, 0.717) is 18.7 Å².